The zero-order chi connectivity index (χ0) is 10.2. The van der Waals surface area contributed by atoms with Crippen LogP contribution in [0.4, 0.5) is 0 Å². The maximum absolute atomic E-state index is 5.38. The molecule has 0 spiro atoms. The minimum absolute atomic E-state index is 0. The minimum Gasteiger partial charge on any atom is -0.322 e. The molecular weight excluding hydrogens is 289 g/mol. The molecule has 0 aromatic rings. The Labute approximate surface area is 111 Å². The molecule has 0 radical (unpaired) electrons. The second kappa shape index (κ2) is 11.0. The molecule has 82 valence electrons. The van der Waals surface area contributed by atoms with Crippen LogP contribution in [0.25, 0.3) is 0 Å². The molecule has 0 aliphatic rings. The van der Waals surface area contributed by atoms with Gasteiger partial charge >= 0.3 is 0 Å². The van der Waals surface area contributed by atoms with E-state index >= 15 is 0 Å². The van der Waals surface area contributed by atoms with Gasteiger partial charge in [-0.3, -0.25) is 0 Å². The van der Waals surface area contributed by atoms with Gasteiger partial charge in [-0.2, -0.15) is 0 Å². The van der Waals surface area contributed by atoms with E-state index in [1.165, 1.54) is 0 Å². The van der Waals surface area contributed by atoms with Crippen molar-refractivity contribution in [3.8, 4) is 0 Å². The van der Waals surface area contributed by atoms with E-state index in [1.807, 2.05) is 0 Å². The molecule has 0 bridgehead atoms. The van der Waals surface area contributed by atoms with E-state index in [0.29, 0.717) is 13.2 Å². The average Bonchev–Trinajstić information content (AvgIpc) is 2.05. The first-order valence-electron chi connectivity index (χ1n) is 4.74. The van der Waals surface area contributed by atoms with E-state index in [1.54, 1.807) is 0 Å². The molecular formula is C8H19O2PS2Zn. The molecule has 0 N–H and O–H groups in total. The predicted molar refractivity (Wildman–Crippen MR) is 65.0 cm³/mol. The van der Waals surface area contributed by atoms with Crippen LogP contribution < -0.4 is 0 Å². The second-order valence-corrected chi connectivity index (χ2v) is 8.13. The van der Waals surface area contributed by atoms with Crippen LogP contribution in [-0.4, -0.2) is 13.2 Å². The molecule has 0 heterocycles. The molecule has 0 rings (SSSR count). The Balaban J connectivity index is 0. The van der Waals surface area contributed by atoms with Gasteiger partial charge in [-0.05, 0) is 24.6 Å². The standard InChI is InChI=1S/C8H19O2PS2.Zn/c1-3-5-7-9-11(12,13)10-8-6-4-2;/h3-8H2,1-2H3,(H,12,13);. The van der Waals surface area contributed by atoms with E-state index < -0.39 is 5.69 Å². The van der Waals surface area contributed by atoms with Crippen LogP contribution in [0.3, 0.4) is 0 Å². The van der Waals surface area contributed by atoms with Crippen molar-refractivity contribution in [1.29, 1.82) is 0 Å². The van der Waals surface area contributed by atoms with Gasteiger partial charge in [-0.25, -0.2) is 0 Å². The Morgan fingerprint density at radius 2 is 1.43 bits per heavy atom. The fourth-order valence-electron chi connectivity index (χ4n) is 0.686. The first-order valence-corrected chi connectivity index (χ1v) is 8.53. The largest absolute Gasteiger partial charge is 0.322 e. The van der Waals surface area contributed by atoms with E-state index in [9.17, 15) is 0 Å². The Morgan fingerprint density at radius 3 is 1.71 bits per heavy atom. The molecule has 6 heteroatoms. The average molecular weight is 308 g/mol. The van der Waals surface area contributed by atoms with Gasteiger partial charge in [0.05, 0.1) is 13.2 Å². The topological polar surface area (TPSA) is 18.5 Å². The predicted octanol–water partition coefficient (Wildman–Crippen LogP) is 3.77. The third-order valence-corrected chi connectivity index (χ3v) is 3.85. The van der Waals surface area contributed by atoms with E-state index in [4.69, 9.17) is 20.9 Å². The van der Waals surface area contributed by atoms with Crippen molar-refractivity contribution in [3.05, 3.63) is 0 Å². The van der Waals surface area contributed by atoms with Gasteiger partial charge in [0.25, 0.3) is 0 Å². The molecule has 14 heavy (non-hydrogen) atoms. The van der Waals surface area contributed by atoms with E-state index in [2.05, 4.69) is 26.1 Å². The van der Waals surface area contributed by atoms with Crippen LogP contribution >= 0.6 is 17.9 Å². The molecule has 0 aliphatic heterocycles. The van der Waals surface area contributed by atoms with Crippen LogP contribution in [0, 0.1) is 0 Å². The van der Waals surface area contributed by atoms with Crippen molar-refractivity contribution in [3.63, 3.8) is 0 Å². The molecule has 0 saturated carbocycles. The zero-order valence-electron chi connectivity index (χ0n) is 9.07. The van der Waals surface area contributed by atoms with Crippen molar-refractivity contribution in [1.82, 2.24) is 0 Å². The van der Waals surface area contributed by atoms with Gasteiger partial charge in [0.2, 0.25) is 5.69 Å². The Morgan fingerprint density at radius 1 is 1.07 bits per heavy atom. The summed E-state index contributed by atoms with van der Waals surface area (Å²) >= 11 is 9.31. The molecule has 0 aliphatic carbocycles. The molecule has 2 nitrogen and oxygen atoms in total. The fourth-order valence-corrected chi connectivity index (χ4v) is 2.42. The summed E-state index contributed by atoms with van der Waals surface area (Å²) in [6.07, 6.45) is 4.27. The van der Waals surface area contributed by atoms with Crippen LogP contribution in [-0.2, 0) is 40.3 Å². The summed E-state index contributed by atoms with van der Waals surface area (Å²) < 4.78 is 10.8. The molecule has 0 aromatic carbocycles. The Hall–Kier alpha value is 1.54. The van der Waals surface area contributed by atoms with Crippen LogP contribution in [0.1, 0.15) is 39.5 Å². The zero-order valence-corrected chi connectivity index (χ0v) is 14.6. The van der Waals surface area contributed by atoms with Crippen LogP contribution in [0.2, 0.25) is 0 Å². The monoisotopic (exact) mass is 306 g/mol. The number of hydrogen-bond acceptors (Lipinski definition) is 3. The van der Waals surface area contributed by atoms with Crippen LogP contribution in [0.5, 0.6) is 0 Å². The quantitative estimate of drug-likeness (QED) is 0.319. The van der Waals surface area contributed by atoms with E-state index in [0.717, 1.165) is 25.7 Å². The second-order valence-electron chi connectivity index (χ2n) is 2.84. The summed E-state index contributed by atoms with van der Waals surface area (Å²) in [5.41, 5.74) is -2.22. The number of unbranched alkanes of at least 4 members (excludes halogenated alkanes) is 2. The van der Waals surface area contributed by atoms with Crippen LogP contribution in [0.15, 0.2) is 0 Å². The molecule has 0 amide bonds. The van der Waals surface area contributed by atoms with Gasteiger partial charge in [0, 0.05) is 19.5 Å². The molecule has 0 aromatic heterocycles. The summed E-state index contributed by atoms with van der Waals surface area (Å²) in [6.45, 7) is 5.57. The van der Waals surface area contributed by atoms with Gasteiger partial charge in [-0.15, -0.1) is 0 Å². The SMILES string of the molecule is CCCCOP(=S)(S)OCCCC.[Zn]. The maximum atomic E-state index is 5.38. The smallest absolute Gasteiger partial charge is 0.244 e. The van der Waals surface area contributed by atoms with Gasteiger partial charge in [-0.1, -0.05) is 38.9 Å². The van der Waals surface area contributed by atoms with Crippen molar-refractivity contribution in [2.45, 2.75) is 39.5 Å². The molecule has 0 saturated heterocycles. The Kier molecular flexibility index (Phi) is 14.1. The van der Waals surface area contributed by atoms with Crippen molar-refractivity contribution in [2.24, 2.45) is 0 Å². The summed E-state index contributed by atoms with van der Waals surface area (Å²) in [4.78, 5) is 0. The van der Waals surface area contributed by atoms with Gasteiger partial charge < -0.3 is 9.05 Å². The maximum Gasteiger partial charge on any atom is 0.244 e. The van der Waals surface area contributed by atoms with Crippen molar-refractivity contribution < 1.29 is 28.5 Å². The van der Waals surface area contributed by atoms with Gasteiger partial charge in [0.1, 0.15) is 0 Å². The normalized spacial score (nSPS) is 11.1. The van der Waals surface area contributed by atoms with E-state index in [-0.39, 0.29) is 19.5 Å². The first kappa shape index (κ1) is 17.9. The Bertz CT molecular complexity index is 155. The van der Waals surface area contributed by atoms with Gasteiger partial charge in [0.15, 0.2) is 0 Å². The fraction of sp³-hybridized carbons (Fsp3) is 1.00. The summed E-state index contributed by atoms with van der Waals surface area (Å²) in [6, 6.07) is 0. The minimum atomic E-state index is -2.22. The molecule has 0 unspecified atom stereocenters. The number of thiol groups is 1. The molecule has 0 fully saturated rings. The van der Waals surface area contributed by atoms with Crippen molar-refractivity contribution >= 4 is 29.7 Å². The first-order chi connectivity index (χ1) is 6.12. The number of hydrogen-bond donors (Lipinski definition) is 1. The number of rotatable bonds is 8. The van der Waals surface area contributed by atoms with Crippen molar-refractivity contribution in [2.75, 3.05) is 13.2 Å². The third-order valence-electron chi connectivity index (χ3n) is 1.50. The summed E-state index contributed by atoms with van der Waals surface area (Å²) in [7, 11) is 0. The summed E-state index contributed by atoms with van der Waals surface area (Å²) in [5, 5.41) is 0. The summed E-state index contributed by atoms with van der Waals surface area (Å²) in [5.74, 6) is 0. The third kappa shape index (κ3) is 11.6. The molecule has 0 atom stereocenters.